The Morgan fingerprint density at radius 1 is 1.29 bits per heavy atom. The maximum absolute atomic E-state index is 10.0. The number of hydrogen-bond donors (Lipinski definition) is 1. The number of phenolic OH excluding ortho intramolecular Hbond substituents is 1. The number of ether oxygens (including phenoxy) is 1. The molecule has 2 nitrogen and oxygen atoms in total. The van der Waals surface area contributed by atoms with E-state index >= 15 is 0 Å². The van der Waals surface area contributed by atoms with Gasteiger partial charge in [-0.15, -0.1) is 0 Å². The summed E-state index contributed by atoms with van der Waals surface area (Å²) in [6.45, 7) is 7.25. The lowest BCUT2D eigenvalue weighted by Crippen LogP contribution is -2.40. The highest BCUT2D eigenvalue weighted by Crippen LogP contribution is 2.56. The fraction of sp³-hybridized carbons (Fsp3) is 0.684. The molecular formula is C19H28O2. The van der Waals surface area contributed by atoms with Crippen molar-refractivity contribution >= 4 is 0 Å². The van der Waals surface area contributed by atoms with Crippen LogP contribution in [0, 0.1) is 17.3 Å². The van der Waals surface area contributed by atoms with E-state index in [2.05, 4.69) is 26.8 Å². The van der Waals surface area contributed by atoms with Crippen molar-refractivity contribution in [2.75, 3.05) is 7.11 Å². The van der Waals surface area contributed by atoms with Crippen LogP contribution in [0.5, 0.6) is 11.5 Å². The van der Waals surface area contributed by atoms with Crippen LogP contribution in [0.15, 0.2) is 12.1 Å². The average molecular weight is 288 g/mol. The van der Waals surface area contributed by atoms with Crippen molar-refractivity contribution in [3.8, 4) is 11.5 Å². The second kappa shape index (κ2) is 5.23. The lowest BCUT2D eigenvalue weighted by atomic mass is 9.54. The molecule has 0 radical (unpaired) electrons. The van der Waals surface area contributed by atoms with Gasteiger partial charge in [0, 0.05) is 0 Å². The Hall–Kier alpha value is -1.18. The van der Waals surface area contributed by atoms with Crippen LogP contribution < -0.4 is 4.74 Å². The normalized spacial score (nSPS) is 30.4. The minimum atomic E-state index is 0.290. The molecule has 1 N–H and O–H groups in total. The second-order valence-electron chi connectivity index (χ2n) is 7.57. The number of hydrogen-bond acceptors (Lipinski definition) is 2. The molecular weight excluding hydrogens is 260 g/mol. The van der Waals surface area contributed by atoms with Crippen molar-refractivity contribution in [3.05, 3.63) is 23.3 Å². The van der Waals surface area contributed by atoms with Crippen LogP contribution in [0.3, 0.4) is 0 Å². The summed E-state index contributed by atoms with van der Waals surface area (Å²) in [5.41, 5.74) is 3.24. The first-order chi connectivity index (χ1) is 9.97. The number of benzene rings is 1. The van der Waals surface area contributed by atoms with Crippen LogP contribution in [-0.4, -0.2) is 12.2 Å². The van der Waals surface area contributed by atoms with Crippen LogP contribution in [-0.2, 0) is 6.42 Å². The van der Waals surface area contributed by atoms with Gasteiger partial charge in [0.1, 0.15) is 0 Å². The number of rotatable bonds is 2. The summed E-state index contributed by atoms with van der Waals surface area (Å²) in [5, 5.41) is 10.0. The van der Waals surface area contributed by atoms with Crippen molar-refractivity contribution in [1.29, 1.82) is 0 Å². The number of aromatic hydroxyl groups is 1. The second-order valence-corrected chi connectivity index (χ2v) is 7.57. The van der Waals surface area contributed by atoms with Crippen molar-refractivity contribution < 1.29 is 9.84 Å². The summed E-state index contributed by atoms with van der Waals surface area (Å²) in [6, 6.07) is 4.04. The van der Waals surface area contributed by atoms with Crippen molar-refractivity contribution in [1.82, 2.24) is 0 Å². The fourth-order valence-electron chi connectivity index (χ4n) is 5.11. The zero-order chi connectivity index (χ0) is 15.2. The number of phenols is 1. The van der Waals surface area contributed by atoms with E-state index in [1.165, 1.54) is 36.8 Å². The van der Waals surface area contributed by atoms with Crippen molar-refractivity contribution in [3.63, 3.8) is 0 Å². The van der Waals surface area contributed by atoms with Gasteiger partial charge in [0.05, 0.1) is 7.11 Å². The van der Waals surface area contributed by atoms with Gasteiger partial charge in [-0.3, -0.25) is 0 Å². The molecule has 116 valence electrons. The average Bonchev–Trinajstić information content (AvgIpc) is 2.45. The Labute approximate surface area is 128 Å². The summed E-state index contributed by atoms with van der Waals surface area (Å²) in [6.07, 6.45) is 6.22. The molecule has 0 aromatic heterocycles. The molecule has 1 fully saturated rings. The first kappa shape index (κ1) is 14.7. The Balaban J connectivity index is 2.00. The van der Waals surface area contributed by atoms with Crippen molar-refractivity contribution in [2.24, 2.45) is 17.3 Å². The zero-order valence-corrected chi connectivity index (χ0v) is 13.8. The smallest absolute Gasteiger partial charge is 0.160 e. The van der Waals surface area contributed by atoms with Crippen LogP contribution in [0.25, 0.3) is 0 Å². The highest BCUT2D eigenvalue weighted by atomic mass is 16.5. The molecule has 2 heteroatoms. The maximum Gasteiger partial charge on any atom is 0.160 e. The lowest BCUT2D eigenvalue weighted by molar-refractivity contribution is 0.0434. The largest absolute Gasteiger partial charge is 0.504 e. The van der Waals surface area contributed by atoms with Gasteiger partial charge in [-0.1, -0.05) is 27.2 Å². The first-order valence-corrected chi connectivity index (χ1v) is 8.37. The molecule has 1 aromatic rings. The molecule has 0 aliphatic heterocycles. The lowest BCUT2D eigenvalue weighted by Gasteiger charge is -2.50. The summed E-state index contributed by atoms with van der Waals surface area (Å²) in [7, 11) is 1.64. The molecule has 0 bridgehead atoms. The van der Waals surface area contributed by atoms with E-state index in [9.17, 15) is 5.11 Å². The van der Waals surface area contributed by atoms with E-state index in [-0.39, 0.29) is 5.75 Å². The third-order valence-corrected chi connectivity index (χ3v) is 6.16. The monoisotopic (exact) mass is 288 g/mol. The van der Waals surface area contributed by atoms with Gasteiger partial charge in [0.15, 0.2) is 11.5 Å². The molecule has 0 amide bonds. The van der Waals surface area contributed by atoms with Crippen LogP contribution in [0.1, 0.15) is 63.5 Å². The van der Waals surface area contributed by atoms with Gasteiger partial charge in [-0.2, -0.15) is 0 Å². The Morgan fingerprint density at radius 3 is 2.71 bits per heavy atom. The van der Waals surface area contributed by atoms with Gasteiger partial charge in [-0.05, 0) is 72.1 Å². The number of fused-ring (bicyclic) bond motifs is 3. The van der Waals surface area contributed by atoms with E-state index in [0.29, 0.717) is 17.1 Å². The van der Waals surface area contributed by atoms with E-state index in [1.807, 2.05) is 6.07 Å². The standard InChI is InChI=1S/C19H28O2/c1-5-16-14-7-6-12-10-17(20)18(21-4)11-15(12)13(14)8-9-19(16,2)3/h10-11,13-14,16,20H,5-9H2,1-4H3. The predicted molar refractivity (Wildman–Crippen MR) is 86.0 cm³/mol. The molecule has 21 heavy (non-hydrogen) atoms. The zero-order valence-electron chi connectivity index (χ0n) is 13.8. The number of aryl methyl sites for hydroxylation is 1. The molecule has 2 aliphatic rings. The third kappa shape index (κ3) is 2.33. The summed E-state index contributed by atoms with van der Waals surface area (Å²) < 4.78 is 5.33. The van der Waals surface area contributed by atoms with Crippen molar-refractivity contribution in [2.45, 2.75) is 58.8 Å². The Bertz CT molecular complexity index is 533. The van der Waals surface area contributed by atoms with Gasteiger partial charge >= 0.3 is 0 Å². The van der Waals surface area contributed by atoms with E-state index in [0.717, 1.165) is 18.3 Å². The predicted octanol–water partition coefficient (Wildman–Crippen LogP) is 4.89. The van der Waals surface area contributed by atoms with E-state index in [4.69, 9.17) is 4.74 Å². The molecule has 0 heterocycles. The van der Waals surface area contributed by atoms with Gasteiger partial charge in [-0.25, -0.2) is 0 Å². The third-order valence-electron chi connectivity index (χ3n) is 6.16. The molecule has 3 rings (SSSR count). The molecule has 0 spiro atoms. The van der Waals surface area contributed by atoms with E-state index < -0.39 is 0 Å². The molecule has 1 aromatic carbocycles. The quantitative estimate of drug-likeness (QED) is 0.839. The summed E-state index contributed by atoms with van der Waals surface area (Å²) in [5.74, 6) is 3.18. The van der Waals surface area contributed by atoms with Gasteiger partial charge < -0.3 is 9.84 Å². The maximum atomic E-state index is 10.0. The van der Waals surface area contributed by atoms with Crippen LogP contribution in [0.4, 0.5) is 0 Å². The highest BCUT2D eigenvalue weighted by Gasteiger charge is 2.45. The first-order valence-electron chi connectivity index (χ1n) is 8.37. The highest BCUT2D eigenvalue weighted by molar-refractivity contribution is 5.49. The molecule has 2 aliphatic carbocycles. The summed E-state index contributed by atoms with van der Waals surface area (Å²) >= 11 is 0. The fourth-order valence-corrected chi connectivity index (χ4v) is 5.11. The molecule has 0 saturated heterocycles. The minimum absolute atomic E-state index is 0.290. The van der Waals surface area contributed by atoms with Crippen LogP contribution >= 0.6 is 0 Å². The molecule has 3 atom stereocenters. The SMILES string of the molecule is CCC1C2CCc3cc(O)c(OC)cc3C2CCC1(C)C. The molecule has 3 unspecified atom stereocenters. The summed E-state index contributed by atoms with van der Waals surface area (Å²) in [4.78, 5) is 0. The minimum Gasteiger partial charge on any atom is -0.504 e. The topological polar surface area (TPSA) is 29.5 Å². The van der Waals surface area contributed by atoms with Gasteiger partial charge in [0.2, 0.25) is 0 Å². The van der Waals surface area contributed by atoms with E-state index in [1.54, 1.807) is 7.11 Å². The van der Waals surface area contributed by atoms with Crippen LogP contribution in [0.2, 0.25) is 0 Å². The van der Waals surface area contributed by atoms with Gasteiger partial charge in [0.25, 0.3) is 0 Å². The Morgan fingerprint density at radius 2 is 2.05 bits per heavy atom. The molecule has 1 saturated carbocycles. The Kier molecular flexibility index (Phi) is 3.67. The number of methoxy groups -OCH3 is 1.